The van der Waals surface area contributed by atoms with Gasteiger partial charge in [-0.05, 0) is 48.0 Å². The molecule has 6 nitrogen and oxygen atoms in total. The van der Waals surface area contributed by atoms with Crippen molar-refractivity contribution >= 4 is 44.2 Å². The molecular formula is C22H18BrN5O. The molecule has 2 aromatic carbocycles. The van der Waals surface area contributed by atoms with Gasteiger partial charge in [-0.3, -0.25) is 9.78 Å². The van der Waals surface area contributed by atoms with Gasteiger partial charge in [0.2, 0.25) is 0 Å². The number of rotatable bonds is 5. The summed E-state index contributed by atoms with van der Waals surface area (Å²) < 4.78 is 0.981. The number of hydrogen-bond donors (Lipinski definition) is 1. The van der Waals surface area contributed by atoms with Crippen LogP contribution < -0.4 is 10.2 Å². The minimum absolute atomic E-state index is 0.0729. The van der Waals surface area contributed by atoms with Gasteiger partial charge in [-0.1, -0.05) is 28.1 Å². The second kappa shape index (κ2) is 8.36. The van der Waals surface area contributed by atoms with Gasteiger partial charge in [-0.2, -0.15) is 0 Å². The molecule has 0 atom stereocenters. The normalized spacial score (nSPS) is 10.7. The largest absolute Gasteiger partial charge is 0.365 e. The van der Waals surface area contributed by atoms with Gasteiger partial charge in [0.25, 0.3) is 5.91 Å². The van der Waals surface area contributed by atoms with Crippen LogP contribution in [0.1, 0.15) is 15.9 Å². The Bertz CT molecular complexity index is 1150. The number of pyridine rings is 1. The van der Waals surface area contributed by atoms with Gasteiger partial charge in [0, 0.05) is 47.1 Å². The lowest BCUT2D eigenvalue weighted by atomic mass is 10.1. The molecule has 0 spiro atoms. The number of amides is 1. The molecule has 4 rings (SSSR count). The molecule has 7 heteroatoms. The van der Waals surface area contributed by atoms with Crippen LogP contribution in [0.5, 0.6) is 0 Å². The van der Waals surface area contributed by atoms with Crippen molar-refractivity contribution in [3.63, 3.8) is 0 Å². The monoisotopic (exact) mass is 447 g/mol. The van der Waals surface area contributed by atoms with Crippen molar-refractivity contribution in [1.82, 2.24) is 15.0 Å². The topological polar surface area (TPSA) is 71.0 Å². The second-order valence-corrected chi connectivity index (χ2v) is 7.42. The smallest absolute Gasteiger partial charge is 0.258 e. The van der Waals surface area contributed by atoms with E-state index >= 15 is 0 Å². The van der Waals surface area contributed by atoms with E-state index in [1.807, 2.05) is 42.5 Å². The first-order valence-corrected chi connectivity index (χ1v) is 9.82. The average molecular weight is 448 g/mol. The summed E-state index contributed by atoms with van der Waals surface area (Å²) in [6, 6.07) is 17.2. The van der Waals surface area contributed by atoms with E-state index in [-0.39, 0.29) is 5.91 Å². The van der Waals surface area contributed by atoms with Crippen LogP contribution in [0.2, 0.25) is 0 Å². The third-order valence-corrected chi connectivity index (χ3v) is 5.11. The van der Waals surface area contributed by atoms with Crippen molar-refractivity contribution in [3.05, 3.63) is 88.9 Å². The number of benzene rings is 2. The number of fused-ring (bicyclic) bond motifs is 1. The fourth-order valence-corrected chi connectivity index (χ4v) is 3.36. The van der Waals surface area contributed by atoms with E-state index in [9.17, 15) is 4.79 Å². The van der Waals surface area contributed by atoms with Crippen LogP contribution in [0.3, 0.4) is 0 Å². The van der Waals surface area contributed by atoms with E-state index in [0.29, 0.717) is 12.1 Å². The van der Waals surface area contributed by atoms with E-state index in [1.165, 1.54) is 0 Å². The SMILES string of the molecule is CN(C(=O)c1ccncc1)c1ccc(CNc2ncnc3ccc(Br)cc23)cc1. The molecule has 0 radical (unpaired) electrons. The van der Waals surface area contributed by atoms with Crippen molar-refractivity contribution in [2.24, 2.45) is 0 Å². The molecule has 29 heavy (non-hydrogen) atoms. The van der Waals surface area contributed by atoms with Gasteiger partial charge in [0.15, 0.2) is 0 Å². The maximum Gasteiger partial charge on any atom is 0.258 e. The molecule has 2 aromatic heterocycles. The zero-order chi connectivity index (χ0) is 20.2. The van der Waals surface area contributed by atoms with Crippen molar-refractivity contribution in [2.45, 2.75) is 6.54 Å². The first kappa shape index (κ1) is 19.0. The number of aromatic nitrogens is 3. The maximum atomic E-state index is 12.6. The highest BCUT2D eigenvalue weighted by atomic mass is 79.9. The molecule has 0 bridgehead atoms. The van der Waals surface area contributed by atoms with E-state index in [2.05, 4.69) is 36.2 Å². The van der Waals surface area contributed by atoms with Gasteiger partial charge >= 0.3 is 0 Å². The highest BCUT2D eigenvalue weighted by molar-refractivity contribution is 9.10. The molecule has 0 saturated carbocycles. The first-order valence-electron chi connectivity index (χ1n) is 9.03. The molecule has 0 aliphatic heterocycles. The highest BCUT2D eigenvalue weighted by Gasteiger charge is 2.13. The van der Waals surface area contributed by atoms with Crippen molar-refractivity contribution < 1.29 is 4.79 Å². The molecule has 1 amide bonds. The predicted molar refractivity (Wildman–Crippen MR) is 118 cm³/mol. The van der Waals surface area contributed by atoms with E-state index in [1.54, 1.807) is 42.8 Å². The number of halogens is 1. The Balaban J connectivity index is 1.46. The van der Waals surface area contributed by atoms with Crippen LogP contribution in [0.4, 0.5) is 11.5 Å². The summed E-state index contributed by atoms with van der Waals surface area (Å²) in [5, 5.41) is 4.33. The molecule has 0 aliphatic rings. The van der Waals surface area contributed by atoms with Crippen molar-refractivity contribution in [3.8, 4) is 0 Å². The molecule has 0 saturated heterocycles. The maximum absolute atomic E-state index is 12.6. The van der Waals surface area contributed by atoms with E-state index in [4.69, 9.17) is 0 Å². The van der Waals surface area contributed by atoms with Gasteiger partial charge < -0.3 is 10.2 Å². The minimum Gasteiger partial charge on any atom is -0.365 e. The summed E-state index contributed by atoms with van der Waals surface area (Å²) in [5.41, 5.74) is 3.40. The summed E-state index contributed by atoms with van der Waals surface area (Å²) in [4.78, 5) is 26.8. The van der Waals surface area contributed by atoms with Crippen LogP contribution in [-0.4, -0.2) is 27.9 Å². The first-order chi connectivity index (χ1) is 14.1. The third kappa shape index (κ3) is 4.25. The zero-order valence-corrected chi connectivity index (χ0v) is 17.3. The standard InChI is InChI=1S/C22H18BrN5O/c1-28(22(29)16-8-10-24-11-9-16)18-5-2-15(3-6-18)13-25-21-19-12-17(23)4-7-20(19)26-14-27-21/h2-12,14H,13H2,1H3,(H,25,26,27). The lowest BCUT2D eigenvalue weighted by Gasteiger charge is -2.18. The lowest BCUT2D eigenvalue weighted by molar-refractivity contribution is 0.0993. The summed E-state index contributed by atoms with van der Waals surface area (Å²) in [7, 11) is 1.76. The number of anilines is 2. The minimum atomic E-state index is -0.0729. The average Bonchev–Trinajstić information content (AvgIpc) is 2.77. The van der Waals surface area contributed by atoms with Crippen LogP contribution in [-0.2, 0) is 6.54 Å². The van der Waals surface area contributed by atoms with Crippen LogP contribution in [0.25, 0.3) is 10.9 Å². The van der Waals surface area contributed by atoms with Crippen LogP contribution in [0.15, 0.2) is 77.8 Å². The number of nitrogens with zero attached hydrogens (tertiary/aromatic N) is 4. The number of carbonyl (C=O) groups is 1. The predicted octanol–water partition coefficient (Wildman–Crippen LogP) is 4.68. The van der Waals surface area contributed by atoms with Gasteiger partial charge in [-0.15, -0.1) is 0 Å². The number of nitrogens with one attached hydrogen (secondary N) is 1. The van der Waals surface area contributed by atoms with Crippen LogP contribution >= 0.6 is 15.9 Å². The Kier molecular flexibility index (Phi) is 5.48. The summed E-state index contributed by atoms with van der Waals surface area (Å²) in [5.74, 6) is 0.710. The second-order valence-electron chi connectivity index (χ2n) is 6.50. The summed E-state index contributed by atoms with van der Waals surface area (Å²) >= 11 is 3.49. The molecule has 144 valence electrons. The Morgan fingerprint density at radius 1 is 1.03 bits per heavy atom. The Morgan fingerprint density at radius 3 is 2.55 bits per heavy atom. The molecule has 0 aliphatic carbocycles. The van der Waals surface area contributed by atoms with Crippen molar-refractivity contribution in [2.75, 3.05) is 17.3 Å². The Hall–Kier alpha value is -3.32. The van der Waals surface area contributed by atoms with Gasteiger partial charge in [-0.25, -0.2) is 9.97 Å². The Morgan fingerprint density at radius 2 is 1.79 bits per heavy atom. The molecule has 1 N–H and O–H groups in total. The molecular weight excluding hydrogens is 430 g/mol. The van der Waals surface area contributed by atoms with E-state index < -0.39 is 0 Å². The summed E-state index contributed by atoms with van der Waals surface area (Å²) in [6.45, 7) is 0.612. The highest BCUT2D eigenvalue weighted by Crippen LogP contribution is 2.24. The quantitative estimate of drug-likeness (QED) is 0.480. The summed E-state index contributed by atoms with van der Waals surface area (Å²) in [6.07, 6.45) is 4.79. The van der Waals surface area contributed by atoms with E-state index in [0.717, 1.165) is 32.4 Å². The zero-order valence-electron chi connectivity index (χ0n) is 15.7. The van der Waals surface area contributed by atoms with Crippen LogP contribution in [0, 0.1) is 0 Å². The lowest BCUT2D eigenvalue weighted by Crippen LogP contribution is -2.26. The molecule has 0 unspecified atom stereocenters. The number of carbonyl (C=O) groups excluding carboxylic acids is 1. The fourth-order valence-electron chi connectivity index (χ4n) is 3.00. The van der Waals surface area contributed by atoms with Crippen molar-refractivity contribution in [1.29, 1.82) is 0 Å². The fraction of sp³-hybridized carbons (Fsp3) is 0.0909. The third-order valence-electron chi connectivity index (χ3n) is 4.61. The van der Waals surface area contributed by atoms with Gasteiger partial charge in [0.05, 0.1) is 5.52 Å². The van der Waals surface area contributed by atoms with Gasteiger partial charge in [0.1, 0.15) is 12.1 Å². The molecule has 2 heterocycles. The Labute approximate surface area is 176 Å². The number of hydrogen-bond acceptors (Lipinski definition) is 5. The molecule has 4 aromatic rings. The molecule has 0 fully saturated rings.